The number of amides is 1. The Morgan fingerprint density at radius 1 is 1.16 bits per heavy atom. The quantitative estimate of drug-likeness (QED) is 0.860. The van der Waals surface area contributed by atoms with E-state index in [1.54, 1.807) is 0 Å². The van der Waals surface area contributed by atoms with Crippen LogP contribution in [0.3, 0.4) is 0 Å². The van der Waals surface area contributed by atoms with Crippen molar-refractivity contribution in [1.29, 1.82) is 0 Å². The zero-order valence-electron chi connectivity index (χ0n) is 9.25. The molecule has 0 aliphatic heterocycles. The van der Waals surface area contributed by atoms with E-state index in [-0.39, 0.29) is 10.8 Å². The van der Waals surface area contributed by atoms with Gasteiger partial charge in [-0.2, -0.15) is 0 Å². The van der Waals surface area contributed by atoms with E-state index in [0.29, 0.717) is 12.1 Å². The molecule has 0 saturated carbocycles. The lowest BCUT2D eigenvalue weighted by atomic mass is 10.1. The average Bonchev–Trinajstić information content (AvgIpc) is 2.27. The maximum absolute atomic E-state index is 13.4. The number of anilines is 1. The first-order valence-electron chi connectivity index (χ1n) is 5.05. The number of hydrogen-bond acceptors (Lipinski definition) is 2. The molecule has 3 nitrogen and oxygen atoms in total. The number of rotatable bonds is 2. The third-order valence-electron chi connectivity index (χ3n) is 2.22. The fourth-order valence-electron chi connectivity index (χ4n) is 1.43. The Kier molecular flexibility index (Phi) is 3.71. The number of carbonyl (C=O) groups excluding carboxylic acids is 1. The van der Waals surface area contributed by atoms with Crippen LogP contribution in [0.2, 0.25) is 5.15 Å². The number of nitrogens with zero attached hydrogens (tertiary/aromatic N) is 1. The highest BCUT2D eigenvalue weighted by atomic mass is 35.5. The summed E-state index contributed by atoms with van der Waals surface area (Å²) in [4.78, 5) is 15.4. The summed E-state index contributed by atoms with van der Waals surface area (Å²) in [5, 5.41) is 2.34. The van der Waals surface area contributed by atoms with Crippen LogP contribution in [0.4, 0.5) is 18.9 Å². The lowest BCUT2D eigenvalue weighted by Crippen LogP contribution is -2.16. The molecule has 0 radical (unpaired) electrons. The number of aromatic nitrogens is 1. The van der Waals surface area contributed by atoms with Gasteiger partial charge in [-0.25, -0.2) is 18.2 Å². The third kappa shape index (κ3) is 3.03. The molecule has 1 N–H and O–H groups in total. The Morgan fingerprint density at radius 3 is 2.37 bits per heavy atom. The summed E-state index contributed by atoms with van der Waals surface area (Å²) in [6.07, 6.45) is 1.31. The largest absolute Gasteiger partial charge is 0.322 e. The van der Waals surface area contributed by atoms with Gasteiger partial charge in [0, 0.05) is 24.0 Å². The number of hydrogen-bond donors (Lipinski definition) is 1. The highest BCUT2D eigenvalue weighted by molar-refractivity contribution is 6.29. The molecular formula is C12H6ClF3N2O. The van der Waals surface area contributed by atoms with E-state index >= 15 is 0 Å². The lowest BCUT2D eigenvalue weighted by Gasteiger charge is -2.07. The van der Waals surface area contributed by atoms with Gasteiger partial charge in [-0.3, -0.25) is 4.79 Å². The van der Waals surface area contributed by atoms with Crippen LogP contribution in [0, 0.1) is 17.5 Å². The van der Waals surface area contributed by atoms with Gasteiger partial charge < -0.3 is 5.32 Å². The molecule has 0 aliphatic carbocycles. The van der Waals surface area contributed by atoms with Crippen LogP contribution in [-0.4, -0.2) is 10.9 Å². The molecule has 1 amide bonds. The van der Waals surface area contributed by atoms with Gasteiger partial charge >= 0.3 is 0 Å². The molecule has 0 bridgehead atoms. The standard InChI is InChI=1S/C12H6ClF3N2O/c13-10-5-7(1-2-17-10)18-12(19)11-8(15)3-6(14)4-9(11)16/h1-5H,(H,17,18,19). The molecule has 0 saturated heterocycles. The predicted molar refractivity (Wildman–Crippen MR) is 63.5 cm³/mol. The number of benzene rings is 1. The van der Waals surface area contributed by atoms with Gasteiger partial charge in [0.05, 0.1) is 0 Å². The summed E-state index contributed by atoms with van der Waals surface area (Å²) in [5.74, 6) is -4.71. The molecule has 7 heteroatoms. The Balaban J connectivity index is 2.31. The van der Waals surface area contributed by atoms with Crippen molar-refractivity contribution in [3.8, 4) is 0 Å². The van der Waals surface area contributed by atoms with E-state index in [4.69, 9.17) is 11.6 Å². The van der Waals surface area contributed by atoms with Crippen molar-refractivity contribution in [3.05, 3.63) is 58.6 Å². The first-order valence-corrected chi connectivity index (χ1v) is 5.42. The van der Waals surface area contributed by atoms with Crippen LogP contribution < -0.4 is 5.32 Å². The number of halogens is 4. The number of nitrogens with one attached hydrogen (secondary N) is 1. The van der Waals surface area contributed by atoms with E-state index in [9.17, 15) is 18.0 Å². The molecule has 2 aromatic rings. The second-order valence-corrected chi connectivity index (χ2v) is 3.95. The molecule has 98 valence electrons. The Labute approximate surface area is 111 Å². The molecular weight excluding hydrogens is 281 g/mol. The number of carbonyl (C=O) groups is 1. The third-order valence-corrected chi connectivity index (χ3v) is 2.43. The van der Waals surface area contributed by atoms with E-state index in [1.807, 2.05) is 0 Å². The number of pyridine rings is 1. The summed E-state index contributed by atoms with van der Waals surface area (Å²) in [6, 6.07) is 3.55. The van der Waals surface area contributed by atoms with Crippen molar-refractivity contribution < 1.29 is 18.0 Å². The average molecular weight is 287 g/mol. The van der Waals surface area contributed by atoms with Crippen molar-refractivity contribution in [3.63, 3.8) is 0 Å². The van der Waals surface area contributed by atoms with Gasteiger partial charge in [0.25, 0.3) is 5.91 Å². The Hall–Kier alpha value is -2.08. The monoisotopic (exact) mass is 286 g/mol. The molecule has 0 fully saturated rings. The molecule has 1 aromatic carbocycles. The van der Waals surface area contributed by atoms with Crippen molar-refractivity contribution in [2.75, 3.05) is 5.32 Å². The highest BCUT2D eigenvalue weighted by Crippen LogP contribution is 2.18. The zero-order valence-corrected chi connectivity index (χ0v) is 10.0. The van der Waals surface area contributed by atoms with Crippen LogP contribution in [0.15, 0.2) is 30.5 Å². The lowest BCUT2D eigenvalue weighted by molar-refractivity contribution is 0.101. The first-order chi connectivity index (χ1) is 8.97. The van der Waals surface area contributed by atoms with Crippen LogP contribution in [0.25, 0.3) is 0 Å². The minimum atomic E-state index is -1.28. The summed E-state index contributed by atoms with van der Waals surface area (Å²) in [6.45, 7) is 0. The first kappa shape index (κ1) is 13.4. The van der Waals surface area contributed by atoms with Crippen molar-refractivity contribution in [2.24, 2.45) is 0 Å². The maximum Gasteiger partial charge on any atom is 0.261 e. The molecule has 0 spiro atoms. The second kappa shape index (κ2) is 5.27. The van der Waals surface area contributed by atoms with Gasteiger partial charge in [-0.05, 0) is 12.1 Å². The van der Waals surface area contributed by atoms with Gasteiger partial charge in [-0.1, -0.05) is 11.6 Å². The normalized spacial score (nSPS) is 10.3. The van der Waals surface area contributed by atoms with Crippen LogP contribution in [0.1, 0.15) is 10.4 Å². The smallest absolute Gasteiger partial charge is 0.261 e. The fraction of sp³-hybridized carbons (Fsp3) is 0. The van der Waals surface area contributed by atoms with E-state index in [1.165, 1.54) is 18.3 Å². The van der Waals surface area contributed by atoms with E-state index in [0.717, 1.165) is 0 Å². The topological polar surface area (TPSA) is 42.0 Å². The molecule has 1 heterocycles. The molecule has 19 heavy (non-hydrogen) atoms. The minimum absolute atomic E-state index is 0.109. The van der Waals surface area contributed by atoms with Crippen molar-refractivity contribution in [1.82, 2.24) is 4.98 Å². The maximum atomic E-state index is 13.4. The summed E-state index contributed by atoms with van der Waals surface area (Å²) >= 11 is 5.60. The van der Waals surface area contributed by atoms with Crippen molar-refractivity contribution in [2.45, 2.75) is 0 Å². The molecule has 0 unspecified atom stereocenters. The molecule has 2 rings (SSSR count). The van der Waals surface area contributed by atoms with Gasteiger partial charge in [0.1, 0.15) is 28.2 Å². The Morgan fingerprint density at radius 2 is 1.79 bits per heavy atom. The summed E-state index contributed by atoms with van der Waals surface area (Å²) in [7, 11) is 0. The Bertz CT molecular complexity index is 626. The van der Waals surface area contributed by atoms with Crippen molar-refractivity contribution >= 4 is 23.2 Å². The second-order valence-electron chi connectivity index (χ2n) is 3.57. The molecule has 0 aliphatic rings. The predicted octanol–water partition coefficient (Wildman–Crippen LogP) is 3.40. The molecule has 1 aromatic heterocycles. The fourth-order valence-corrected chi connectivity index (χ4v) is 1.61. The summed E-state index contributed by atoms with van der Waals surface area (Å²) in [5.41, 5.74) is -0.651. The van der Waals surface area contributed by atoms with E-state index < -0.39 is 28.9 Å². The summed E-state index contributed by atoms with van der Waals surface area (Å²) < 4.78 is 39.4. The van der Waals surface area contributed by atoms with Gasteiger partial charge in [-0.15, -0.1) is 0 Å². The minimum Gasteiger partial charge on any atom is -0.322 e. The van der Waals surface area contributed by atoms with E-state index in [2.05, 4.69) is 10.3 Å². The van der Waals surface area contributed by atoms with Gasteiger partial charge in [0.2, 0.25) is 0 Å². The van der Waals surface area contributed by atoms with Crippen LogP contribution in [0.5, 0.6) is 0 Å². The zero-order chi connectivity index (χ0) is 14.0. The van der Waals surface area contributed by atoms with Crippen LogP contribution >= 0.6 is 11.6 Å². The van der Waals surface area contributed by atoms with Crippen LogP contribution in [-0.2, 0) is 0 Å². The SMILES string of the molecule is O=C(Nc1ccnc(Cl)c1)c1c(F)cc(F)cc1F. The highest BCUT2D eigenvalue weighted by Gasteiger charge is 2.19. The van der Waals surface area contributed by atoms with Gasteiger partial charge in [0.15, 0.2) is 0 Å². The molecule has 0 atom stereocenters.